The predicted molar refractivity (Wildman–Crippen MR) is 132 cm³/mol. The van der Waals surface area contributed by atoms with Crippen LogP contribution in [0.3, 0.4) is 0 Å². The maximum absolute atomic E-state index is 13.5. The van der Waals surface area contributed by atoms with Gasteiger partial charge in [-0.05, 0) is 41.0 Å². The van der Waals surface area contributed by atoms with E-state index in [4.69, 9.17) is 9.47 Å². The third kappa shape index (κ3) is 6.38. The lowest BCUT2D eigenvalue weighted by molar-refractivity contribution is -0.144. The van der Waals surface area contributed by atoms with Crippen molar-refractivity contribution in [3.05, 3.63) is 95.6 Å². The fourth-order valence-electron chi connectivity index (χ4n) is 3.69. The Bertz CT molecular complexity index is 1060. The molecule has 0 heterocycles. The van der Waals surface area contributed by atoms with E-state index in [2.05, 4.69) is 5.32 Å². The van der Waals surface area contributed by atoms with Gasteiger partial charge in [0.25, 0.3) is 0 Å². The topological polar surface area (TPSA) is 67.9 Å². The van der Waals surface area contributed by atoms with Crippen molar-refractivity contribution in [1.29, 1.82) is 0 Å². The predicted octanol–water partition coefficient (Wildman–Crippen LogP) is 4.75. The highest BCUT2D eigenvalue weighted by Gasteiger charge is 2.32. The van der Waals surface area contributed by atoms with Gasteiger partial charge >= 0.3 is 0 Å². The Morgan fingerprint density at radius 1 is 0.794 bits per heavy atom. The Morgan fingerprint density at radius 3 is 1.82 bits per heavy atom. The molecule has 1 atom stereocenters. The van der Waals surface area contributed by atoms with E-state index in [1.807, 2.05) is 92.7 Å². The first kappa shape index (κ1) is 24.8. The zero-order valence-corrected chi connectivity index (χ0v) is 20.2. The lowest BCUT2D eigenvalue weighted by Crippen LogP contribution is -2.44. The highest BCUT2D eigenvalue weighted by atomic mass is 16.5. The van der Waals surface area contributed by atoms with Crippen molar-refractivity contribution in [3.63, 3.8) is 0 Å². The molecule has 0 saturated carbocycles. The van der Waals surface area contributed by atoms with Crippen LogP contribution in [-0.4, -0.2) is 30.9 Å². The minimum atomic E-state index is -0.767. The zero-order valence-electron chi connectivity index (χ0n) is 20.2. The molecule has 0 aliphatic heterocycles. The lowest BCUT2D eigenvalue weighted by Gasteiger charge is -2.33. The van der Waals surface area contributed by atoms with Crippen molar-refractivity contribution in [1.82, 2.24) is 10.2 Å². The second-order valence-electron chi connectivity index (χ2n) is 8.35. The molecule has 0 radical (unpaired) electrons. The van der Waals surface area contributed by atoms with Crippen LogP contribution in [0, 0.1) is 5.92 Å². The summed E-state index contributed by atoms with van der Waals surface area (Å²) in [6, 6.07) is 23.7. The molecule has 0 aliphatic carbocycles. The first-order chi connectivity index (χ1) is 16.4. The lowest BCUT2D eigenvalue weighted by atomic mass is 10.0. The molecule has 3 aromatic rings. The number of methoxy groups -OCH3 is 2. The summed E-state index contributed by atoms with van der Waals surface area (Å²) in [5.41, 5.74) is 2.62. The minimum Gasteiger partial charge on any atom is -0.497 e. The van der Waals surface area contributed by atoms with Gasteiger partial charge in [0.15, 0.2) is 0 Å². The van der Waals surface area contributed by atoms with Crippen molar-refractivity contribution >= 4 is 11.8 Å². The highest BCUT2D eigenvalue weighted by molar-refractivity contribution is 5.89. The van der Waals surface area contributed by atoms with Crippen molar-refractivity contribution in [2.75, 3.05) is 14.2 Å². The Morgan fingerprint density at radius 2 is 1.32 bits per heavy atom. The number of ether oxygens (including phenoxy) is 2. The molecular weight excluding hydrogens is 428 g/mol. The maximum atomic E-state index is 13.5. The van der Waals surface area contributed by atoms with Crippen LogP contribution in [0.4, 0.5) is 0 Å². The van der Waals surface area contributed by atoms with Crippen LogP contribution in [0.2, 0.25) is 0 Å². The minimum absolute atomic E-state index is 0.0933. The zero-order chi connectivity index (χ0) is 24.5. The van der Waals surface area contributed by atoms with Gasteiger partial charge in [-0.2, -0.15) is 0 Å². The van der Waals surface area contributed by atoms with Crippen molar-refractivity contribution in [2.24, 2.45) is 5.92 Å². The van der Waals surface area contributed by atoms with E-state index in [9.17, 15) is 9.59 Å². The largest absolute Gasteiger partial charge is 0.497 e. The summed E-state index contributed by atoms with van der Waals surface area (Å²) in [6.07, 6.45) is 0. The second-order valence-corrected chi connectivity index (χ2v) is 8.35. The Balaban J connectivity index is 1.90. The molecule has 6 heteroatoms. The number of hydrogen-bond acceptors (Lipinski definition) is 4. The van der Waals surface area contributed by atoms with E-state index in [-0.39, 0.29) is 17.7 Å². The number of hydrogen-bond donors (Lipinski definition) is 1. The fourth-order valence-corrected chi connectivity index (χ4v) is 3.69. The van der Waals surface area contributed by atoms with E-state index < -0.39 is 6.04 Å². The molecular formula is C28H32N2O4. The van der Waals surface area contributed by atoms with Crippen LogP contribution in [0.25, 0.3) is 0 Å². The number of nitrogens with one attached hydrogen (secondary N) is 1. The second kappa shape index (κ2) is 11.9. The van der Waals surface area contributed by atoms with Gasteiger partial charge in [-0.3, -0.25) is 9.59 Å². The quantitative estimate of drug-likeness (QED) is 0.474. The third-order valence-corrected chi connectivity index (χ3v) is 5.59. The van der Waals surface area contributed by atoms with E-state index in [0.29, 0.717) is 13.1 Å². The molecule has 0 aromatic heterocycles. The molecule has 34 heavy (non-hydrogen) atoms. The SMILES string of the molecule is COc1ccc(CNC(=O)[C@H](c2ccccc2)N(Cc2ccc(OC)cc2)C(=O)C(C)C)cc1. The summed E-state index contributed by atoms with van der Waals surface area (Å²) in [5.74, 6) is 0.903. The summed E-state index contributed by atoms with van der Waals surface area (Å²) in [5, 5.41) is 3.02. The first-order valence-electron chi connectivity index (χ1n) is 11.3. The molecule has 0 aliphatic rings. The average molecular weight is 461 g/mol. The standard InChI is InChI=1S/C28H32N2O4/c1-20(2)28(32)30(19-22-12-16-25(34-4)17-13-22)26(23-8-6-5-7-9-23)27(31)29-18-21-10-14-24(33-3)15-11-21/h5-17,20,26H,18-19H2,1-4H3,(H,29,31)/t26-/m0/s1. The molecule has 0 fully saturated rings. The smallest absolute Gasteiger partial charge is 0.247 e. The van der Waals surface area contributed by atoms with Gasteiger partial charge in [-0.25, -0.2) is 0 Å². The van der Waals surface area contributed by atoms with E-state index in [1.165, 1.54) is 0 Å². The molecule has 0 bridgehead atoms. The molecule has 0 unspecified atom stereocenters. The molecule has 6 nitrogen and oxygen atoms in total. The number of benzene rings is 3. The van der Waals surface area contributed by atoms with Gasteiger partial charge in [0.2, 0.25) is 11.8 Å². The van der Waals surface area contributed by atoms with E-state index in [0.717, 1.165) is 28.2 Å². The molecule has 0 spiro atoms. The third-order valence-electron chi connectivity index (χ3n) is 5.59. The van der Waals surface area contributed by atoms with Crippen molar-refractivity contribution in [3.8, 4) is 11.5 Å². The van der Waals surface area contributed by atoms with Gasteiger partial charge in [-0.15, -0.1) is 0 Å². The van der Waals surface area contributed by atoms with Crippen LogP contribution in [0.15, 0.2) is 78.9 Å². The molecule has 2 amide bonds. The number of carbonyl (C=O) groups is 2. The van der Waals surface area contributed by atoms with Crippen LogP contribution in [0.1, 0.15) is 36.6 Å². The Hall–Kier alpha value is -3.80. The summed E-state index contributed by atoms with van der Waals surface area (Å²) < 4.78 is 10.5. The Kier molecular flexibility index (Phi) is 8.68. The van der Waals surface area contributed by atoms with Gasteiger partial charge in [0, 0.05) is 19.0 Å². The van der Waals surface area contributed by atoms with Crippen LogP contribution in [0.5, 0.6) is 11.5 Å². The van der Waals surface area contributed by atoms with Crippen LogP contribution >= 0.6 is 0 Å². The van der Waals surface area contributed by atoms with Crippen LogP contribution < -0.4 is 14.8 Å². The molecule has 178 valence electrons. The van der Waals surface area contributed by atoms with Crippen molar-refractivity contribution in [2.45, 2.75) is 33.0 Å². The fraction of sp³-hybridized carbons (Fsp3) is 0.286. The van der Waals surface area contributed by atoms with Gasteiger partial charge in [0.1, 0.15) is 17.5 Å². The van der Waals surface area contributed by atoms with E-state index in [1.54, 1.807) is 19.1 Å². The number of rotatable bonds is 10. The summed E-state index contributed by atoms with van der Waals surface area (Å²) in [6.45, 7) is 4.34. The van der Waals surface area contributed by atoms with Gasteiger partial charge in [-0.1, -0.05) is 68.4 Å². The molecule has 3 rings (SSSR count). The molecule has 1 N–H and O–H groups in total. The maximum Gasteiger partial charge on any atom is 0.247 e. The Labute approximate surface area is 201 Å². The van der Waals surface area contributed by atoms with Crippen LogP contribution in [-0.2, 0) is 22.7 Å². The van der Waals surface area contributed by atoms with Gasteiger partial charge in [0.05, 0.1) is 14.2 Å². The first-order valence-corrected chi connectivity index (χ1v) is 11.3. The monoisotopic (exact) mass is 460 g/mol. The summed E-state index contributed by atoms with van der Waals surface area (Å²) in [4.78, 5) is 28.5. The molecule has 0 saturated heterocycles. The average Bonchev–Trinajstić information content (AvgIpc) is 2.88. The number of nitrogens with zero attached hydrogens (tertiary/aromatic N) is 1. The van der Waals surface area contributed by atoms with E-state index >= 15 is 0 Å². The van der Waals surface area contributed by atoms with Crippen molar-refractivity contribution < 1.29 is 19.1 Å². The molecule has 3 aromatic carbocycles. The summed E-state index contributed by atoms with van der Waals surface area (Å²) in [7, 11) is 3.23. The summed E-state index contributed by atoms with van der Waals surface area (Å²) >= 11 is 0. The number of carbonyl (C=O) groups excluding carboxylic acids is 2. The normalized spacial score (nSPS) is 11.6. The van der Waals surface area contributed by atoms with Gasteiger partial charge < -0.3 is 19.7 Å². The highest BCUT2D eigenvalue weighted by Crippen LogP contribution is 2.26. The number of amides is 2.